The van der Waals surface area contributed by atoms with Crippen LogP contribution >= 0.6 is 0 Å². The van der Waals surface area contributed by atoms with Crippen LogP contribution in [0.15, 0.2) is 42.5 Å². The number of nitrogens with zero attached hydrogens (tertiary/aromatic N) is 1. The van der Waals surface area contributed by atoms with Gasteiger partial charge in [0.1, 0.15) is 6.61 Å². The third-order valence-electron chi connectivity index (χ3n) is 3.85. The lowest BCUT2D eigenvalue weighted by Crippen LogP contribution is -2.42. The number of benzene rings is 1. The maximum Gasteiger partial charge on any atom is 0.410 e. The van der Waals surface area contributed by atoms with Crippen molar-refractivity contribution in [2.75, 3.05) is 13.2 Å². The van der Waals surface area contributed by atoms with E-state index in [1.54, 1.807) is 6.92 Å². The van der Waals surface area contributed by atoms with Crippen LogP contribution in [0.4, 0.5) is 4.79 Å². The van der Waals surface area contributed by atoms with Gasteiger partial charge in [-0.3, -0.25) is 0 Å². The van der Waals surface area contributed by atoms with E-state index in [1.165, 1.54) is 17.1 Å². The molecule has 1 aliphatic heterocycles. The van der Waals surface area contributed by atoms with Crippen molar-refractivity contribution in [3.63, 3.8) is 0 Å². The van der Waals surface area contributed by atoms with Gasteiger partial charge in [0.15, 0.2) is 0 Å². The molecule has 1 aromatic rings. The van der Waals surface area contributed by atoms with E-state index >= 15 is 0 Å². The lowest BCUT2D eigenvalue weighted by atomic mass is 10.1. The molecule has 2 atom stereocenters. The number of hydrogen-bond acceptors (Lipinski definition) is 5. The molecule has 0 unspecified atom stereocenters. The molecule has 1 saturated heterocycles. The Balaban J connectivity index is 1.89. The highest BCUT2D eigenvalue weighted by Gasteiger charge is 2.34. The van der Waals surface area contributed by atoms with Crippen molar-refractivity contribution in [1.29, 1.82) is 0 Å². The zero-order chi connectivity index (χ0) is 17.4. The number of rotatable bonds is 6. The summed E-state index contributed by atoms with van der Waals surface area (Å²) in [6, 6.07) is 9.03. The highest BCUT2D eigenvalue weighted by molar-refractivity contribution is 5.82. The van der Waals surface area contributed by atoms with Crippen LogP contribution in [0.5, 0.6) is 0 Å². The predicted octanol–water partition coefficient (Wildman–Crippen LogP) is 2.27. The first kappa shape index (κ1) is 18.0. The van der Waals surface area contributed by atoms with Gasteiger partial charge in [-0.2, -0.15) is 0 Å². The van der Waals surface area contributed by atoms with Gasteiger partial charge < -0.3 is 19.5 Å². The molecule has 6 heteroatoms. The summed E-state index contributed by atoms with van der Waals surface area (Å²) in [5.41, 5.74) is 0.907. The minimum Gasteiger partial charge on any atom is -0.463 e. The Morgan fingerprint density at radius 3 is 2.79 bits per heavy atom. The number of likely N-dealkylation sites (tertiary alicyclic amines) is 1. The summed E-state index contributed by atoms with van der Waals surface area (Å²) in [6.07, 6.45) is 2.63. The zero-order valence-electron chi connectivity index (χ0n) is 13.8. The number of hydrogen-bond donors (Lipinski definition) is 1. The lowest BCUT2D eigenvalue weighted by Gasteiger charge is -2.26. The number of esters is 1. The molecule has 24 heavy (non-hydrogen) atoms. The molecule has 130 valence electrons. The van der Waals surface area contributed by atoms with Crippen LogP contribution in [0.2, 0.25) is 0 Å². The highest BCUT2D eigenvalue weighted by Crippen LogP contribution is 2.22. The van der Waals surface area contributed by atoms with E-state index in [1.807, 2.05) is 30.3 Å². The van der Waals surface area contributed by atoms with Crippen LogP contribution in [0.25, 0.3) is 0 Å². The first-order valence-electron chi connectivity index (χ1n) is 8.12. The van der Waals surface area contributed by atoms with E-state index in [0.29, 0.717) is 13.0 Å². The van der Waals surface area contributed by atoms with Crippen LogP contribution < -0.4 is 0 Å². The Morgan fingerprint density at radius 2 is 2.08 bits per heavy atom. The summed E-state index contributed by atoms with van der Waals surface area (Å²) in [7, 11) is 0. The molecule has 1 N–H and O–H groups in total. The number of amides is 1. The molecule has 0 bridgehead atoms. The molecule has 1 aromatic carbocycles. The standard InChI is InChI=1S/C18H23NO5/c1-2-23-17(21)11-10-16(20)15-9-6-12-19(15)18(22)24-13-14-7-4-3-5-8-14/h3-5,7-8,10-11,15-16,20H,2,6,9,12-13H2,1H3/b11-10+/t15-,16+/m0/s1. The van der Waals surface area contributed by atoms with Gasteiger partial charge in [0.25, 0.3) is 0 Å². The monoisotopic (exact) mass is 333 g/mol. The molecule has 0 spiro atoms. The summed E-state index contributed by atoms with van der Waals surface area (Å²) >= 11 is 0. The average molecular weight is 333 g/mol. The number of ether oxygens (including phenoxy) is 2. The Kier molecular flexibility index (Phi) is 6.81. The van der Waals surface area contributed by atoms with E-state index in [2.05, 4.69) is 0 Å². The number of carbonyl (C=O) groups is 2. The Hall–Kier alpha value is -2.34. The summed E-state index contributed by atoms with van der Waals surface area (Å²) in [5, 5.41) is 10.2. The van der Waals surface area contributed by atoms with Gasteiger partial charge in [-0.25, -0.2) is 9.59 Å². The first-order valence-corrected chi connectivity index (χ1v) is 8.12. The minimum atomic E-state index is -0.929. The smallest absolute Gasteiger partial charge is 0.410 e. The molecule has 1 heterocycles. The maximum absolute atomic E-state index is 12.3. The quantitative estimate of drug-likeness (QED) is 0.638. The van der Waals surface area contributed by atoms with Gasteiger partial charge in [0.2, 0.25) is 0 Å². The number of carbonyl (C=O) groups excluding carboxylic acids is 2. The van der Waals surface area contributed by atoms with Crippen molar-refractivity contribution < 1.29 is 24.2 Å². The van der Waals surface area contributed by atoms with Crippen molar-refractivity contribution in [2.24, 2.45) is 0 Å². The van der Waals surface area contributed by atoms with Crippen molar-refractivity contribution in [3.05, 3.63) is 48.0 Å². The van der Waals surface area contributed by atoms with Gasteiger partial charge in [-0.15, -0.1) is 0 Å². The molecule has 2 rings (SSSR count). The molecule has 0 saturated carbocycles. The predicted molar refractivity (Wildman–Crippen MR) is 88.1 cm³/mol. The van der Waals surface area contributed by atoms with E-state index in [4.69, 9.17) is 9.47 Å². The first-order chi connectivity index (χ1) is 11.6. The van der Waals surface area contributed by atoms with Crippen molar-refractivity contribution in [3.8, 4) is 0 Å². The second-order valence-corrected chi connectivity index (χ2v) is 5.54. The Bertz CT molecular complexity index is 572. The molecule has 0 aromatic heterocycles. The van der Waals surface area contributed by atoms with E-state index in [0.717, 1.165) is 12.0 Å². The van der Waals surface area contributed by atoms with Gasteiger partial charge in [-0.05, 0) is 31.4 Å². The van der Waals surface area contributed by atoms with Crippen LogP contribution in [0.3, 0.4) is 0 Å². The van der Waals surface area contributed by atoms with Crippen molar-refractivity contribution in [2.45, 2.75) is 38.5 Å². The second-order valence-electron chi connectivity index (χ2n) is 5.54. The van der Waals surface area contributed by atoms with Crippen LogP contribution in [0, 0.1) is 0 Å². The molecular weight excluding hydrogens is 310 g/mol. The molecule has 1 fully saturated rings. The van der Waals surface area contributed by atoms with E-state index in [-0.39, 0.29) is 19.3 Å². The zero-order valence-corrected chi connectivity index (χ0v) is 13.8. The molecule has 0 radical (unpaired) electrons. The Morgan fingerprint density at radius 1 is 1.33 bits per heavy atom. The summed E-state index contributed by atoms with van der Waals surface area (Å²) in [6.45, 7) is 2.71. The maximum atomic E-state index is 12.3. The van der Waals surface area contributed by atoms with Gasteiger partial charge in [0, 0.05) is 12.6 Å². The molecule has 0 aliphatic carbocycles. The SMILES string of the molecule is CCOC(=O)/C=C/[C@@H](O)[C@@H]1CCCN1C(=O)OCc1ccccc1. The lowest BCUT2D eigenvalue weighted by molar-refractivity contribution is -0.137. The average Bonchev–Trinajstić information content (AvgIpc) is 3.08. The second kappa shape index (κ2) is 9.08. The molecule has 6 nitrogen and oxygen atoms in total. The van der Waals surface area contributed by atoms with E-state index < -0.39 is 18.2 Å². The fourth-order valence-electron chi connectivity index (χ4n) is 2.67. The van der Waals surface area contributed by atoms with Crippen molar-refractivity contribution in [1.82, 2.24) is 4.90 Å². The van der Waals surface area contributed by atoms with Crippen molar-refractivity contribution >= 4 is 12.1 Å². The van der Waals surface area contributed by atoms with Crippen LogP contribution in [-0.2, 0) is 20.9 Å². The van der Waals surface area contributed by atoms with Crippen LogP contribution in [-0.4, -0.2) is 47.4 Å². The van der Waals surface area contributed by atoms with Gasteiger partial charge in [-0.1, -0.05) is 30.3 Å². The normalized spacial score (nSPS) is 18.6. The highest BCUT2D eigenvalue weighted by atomic mass is 16.6. The van der Waals surface area contributed by atoms with Gasteiger partial charge in [0.05, 0.1) is 18.8 Å². The minimum absolute atomic E-state index is 0.192. The number of aliphatic hydroxyl groups is 1. The fourth-order valence-corrected chi connectivity index (χ4v) is 2.67. The number of aliphatic hydroxyl groups excluding tert-OH is 1. The molecular formula is C18H23NO5. The fraction of sp³-hybridized carbons (Fsp3) is 0.444. The Labute approximate surface area is 141 Å². The summed E-state index contributed by atoms with van der Waals surface area (Å²) in [4.78, 5) is 25.1. The summed E-state index contributed by atoms with van der Waals surface area (Å²) in [5.74, 6) is -0.507. The summed E-state index contributed by atoms with van der Waals surface area (Å²) < 4.78 is 10.1. The molecule has 1 aliphatic rings. The third-order valence-corrected chi connectivity index (χ3v) is 3.85. The molecule has 1 amide bonds. The van der Waals surface area contributed by atoms with E-state index in [9.17, 15) is 14.7 Å². The van der Waals surface area contributed by atoms with Crippen LogP contribution in [0.1, 0.15) is 25.3 Å². The van der Waals surface area contributed by atoms with Gasteiger partial charge >= 0.3 is 12.1 Å². The largest absolute Gasteiger partial charge is 0.463 e. The third kappa shape index (κ3) is 5.09. The topological polar surface area (TPSA) is 76.1 Å².